The zero-order valence-corrected chi connectivity index (χ0v) is 55.5. The molecule has 83 heavy (non-hydrogen) atoms. The highest BCUT2D eigenvalue weighted by Gasteiger charge is 2.27. The Labute approximate surface area is 512 Å². The number of hydrogen-bond donors (Lipinski definition) is 1. The molecule has 0 aromatic carbocycles. The van der Waals surface area contributed by atoms with Crippen LogP contribution >= 0.6 is 7.82 Å². The number of amides is 1. The molecule has 9 nitrogen and oxygen atoms in total. The van der Waals surface area contributed by atoms with E-state index in [0.29, 0.717) is 17.4 Å². The highest BCUT2D eigenvalue weighted by molar-refractivity contribution is 7.45. The molecule has 1 amide bonds. The van der Waals surface area contributed by atoms with Crippen LogP contribution in [-0.2, 0) is 27.9 Å². The van der Waals surface area contributed by atoms with Crippen LogP contribution in [0.25, 0.3) is 0 Å². The summed E-state index contributed by atoms with van der Waals surface area (Å²) in [5.41, 5.74) is 0. The quantitative estimate of drug-likeness (QED) is 0.0212. The predicted octanol–water partition coefficient (Wildman–Crippen LogP) is 21.0. The van der Waals surface area contributed by atoms with Crippen LogP contribution in [0, 0.1) is 0 Å². The van der Waals surface area contributed by atoms with Gasteiger partial charge in [-0.05, 0) is 115 Å². The summed E-state index contributed by atoms with van der Waals surface area (Å²) in [5, 5.41) is 3.02. The number of carbonyl (C=O) groups excluding carboxylic acids is 2. The van der Waals surface area contributed by atoms with Crippen molar-refractivity contribution in [3.8, 4) is 0 Å². The van der Waals surface area contributed by atoms with Crippen molar-refractivity contribution < 1.29 is 37.3 Å². The monoisotopic (exact) mass is 1180 g/mol. The van der Waals surface area contributed by atoms with Crippen molar-refractivity contribution in [3.05, 3.63) is 109 Å². The third kappa shape index (κ3) is 63.0. The summed E-state index contributed by atoms with van der Waals surface area (Å²) in [5.74, 6) is -0.581. The predicted molar refractivity (Wildman–Crippen MR) is 357 cm³/mol. The molecule has 3 atom stereocenters. The number of nitrogens with one attached hydrogen (secondary N) is 1. The molecular formula is C73H129N2O7P. The fourth-order valence-corrected chi connectivity index (χ4v) is 10.2. The van der Waals surface area contributed by atoms with Crippen LogP contribution in [0.15, 0.2) is 109 Å². The number of nitrogens with zero attached hydrogens (tertiary/aromatic N) is 1. The maximum absolute atomic E-state index is 13.6. The molecule has 0 spiro atoms. The second-order valence-corrected chi connectivity index (χ2v) is 25.4. The van der Waals surface area contributed by atoms with Crippen molar-refractivity contribution in [1.29, 1.82) is 0 Å². The number of phosphoric ester groups is 1. The van der Waals surface area contributed by atoms with E-state index in [9.17, 15) is 19.0 Å². The van der Waals surface area contributed by atoms with Gasteiger partial charge in [-0.25, -0.2) is 0 Å². The molecule has 0 bridgehead atoms. The van der Waals surface area contributed by atoms with Gasteiger partial charge in [0.2, 0.25) is 5.91 Å². The molecule has 0 aliphatic rings. The molecule has 0 heterocycles. The highest BCUT2D eigenvalue weighted by Crippen LogP contribution is 2.38. The first-order valence-corrected chi connectivity index (χ1v) is 35.7. The number of ether oxygens (including phenoxy) is 1. The first kappa shape index (κ1) is 79.7. The number of carbonyl (C=O) groups is 2. The Morgan fingerprint density at radius 3 is 1.19 bits per heavy atom. The van der Waals surface area contributed by atoms with Gasteiger partial charge in [-0.2, -0.15) is 0 Å². The Morgan fingerprint density at radius 2 is 0.771 bits per heavy atom. The molecule has 478 valence electrons. The lowest BCUT2D eigenvalue weighted by atomic mass is 10.0. The van der Waals surface area contributed by atoms with Crippen molar-refractivity contribution in [2.24, 2.45) is 0 Å². The average Bonchev–Trinajstić information content (AvgIpc) is 3.47. The largest absolute Gasteiger partial charge is 0.756 e. The maximum atomic E-state index is 13.6. The Kier molecular flexibility index (Phi) is 59.3. The molecular weight excluding hydrogens is 1050 g/mol. The van der Waals surface area contributed by atoms with Gasteiger partial charge in [-0.15, -0.1) is 0 Å². The van der Waals surface area contributed by atoms with Gasteiger partial charge in [0.05, 0.1) is 33.8 Å². The Hall–Kier alpha value is -3.33. The second kappa shape index (κ2) is 61.7. The van der Waals surface area contributed by atoms with Gasteiger partial charge >= 0.3 is 5.97 Å². The third-order valence-electron chi connectivity index (χ3n) is 14.7. The van der Waals surface area contributed by atoms with E-state index in [0.717, 1.165) is 109 Å². The number of hydrogen-bond acceptors (Lipinski definition) is 7. The topological polar surface area (TPSA) is 114 Å². The van der Waals surface area contributed by atoms with E-state index in [1.165, 1.54) is 141 Å². The number of unbranched alkanes of at least 4 members (excludes halogenated alkanes) is 29. The molecule has 0 fully saturated rings. The number of quaternary nitrogens is 1. The van der Waals surface area contributed by atoms with Gasteiger partial charge in [-0.1, -0.05) is 272 Å². The SMILES string of the molecule is CC/C=C\C/C=C\C/C=C\C/C=C\C/C=C\CCCCCC(=O)NC(COP(=O)([O-])OCC[N+](C)(C)C)C(/C=C\CCCCCCCCCCCCC)OC(=O)CCCCCCCCCCCCCC/C=C\C/C=C\C/C=C\CCCCC. The van der Waals surface area contributed by atoms with Crippen molar-refractivity contribution in [2.75, 3.05) is 40.9 Å². The summed E-state index contributed by atoms with van der Waals surface area (Å²) in [6.45, 7) is 6.69. The van der Waals surface area contributed by atoms with E-state index in [1.54, 1.807) is 0 Å². The summed E-state index contributed by atoms with van der Waals surface area (Å²) in [4.78, 5) is 40.1. The fourth-order valence-electron chi connectivity index (χ4n) is 9.44. The zero-order valence-electron chi connectivity index (χ0n) is 54.6. The summed E-state index contributed by atoms with van der Waals surface area (Å²) in [6.07, 6.45) is 84.9. The molecule has 0 aliphatic carbocycles. The number of allylic oxidation sites excluding steroid dienone is 17. The van der Waals surface area contributed by atoms with E-state index < -0.39 is 26.6 Å². The van der Waals surface area contributed by atoms with Crippen LogP contribution in [0.4, 0.5) is 0 Å². The van der Waals surface area contributed by atoms with Crippen LogP contribution in [-0.4, -0.2) is 69.4 Å². The van der Waals surface area contributed by atoms with Crippen LogP contribution in [0.3, 0.4) is 0 Å². The van der Waals surface area contributed by atoms with E-state index in [4.69, 9.17) is 13.8 Å². The number of rotatable bonds is 61. The lowest BCUT2D eigenvalue weighted by Gasteiger charge is -2.30. The first-order valence-electron chi connectivity index (χ1n) is 34.2. The van der Waals surface area contributed by atoms with Gasteiger partial charge in [0.15, 0.2) is 0 Å². The van der Waals surface area contributed by atoms with Crippen LogP contribution in [0.5, 0.6) is 0 Å². The minimum absolute atomic E-state index is 0.0340. The van der Waals surface area contributed by atoms with Crippen molar-refractivity contribution in [3.63, 3.8) is 0 Å². The van der Waals surface area contributed by atoms with E-state index in [2.05, 4.69) is 123 Å². The molecule has 0 aromatic heterocycles. The molecule has 0 radical (unpaired) electrons. The average molecular weight is 1180 g/mol. The Morgan fingerprint density at radius 1 is 0.434 bits per heavy atom. The molecule has 0 aromatic rings. The normalized spacial score (nSPS) is 14.3. The summed E-state index contributed by atoms with van der Waals surface area (Å²) in [7, 11) is 1.15. The van der Waals surface area contributed by atoms with Gasteiger partial charge in [0, 0.05) is 12.8 Å². The Bertz CT molecular complexity index is 1790. The lowest BCUT2D eigenvalue weighted by molar-refractivity contribution is -0.870. The summed E-state index contributed by atoms with van der Waals surface area (Å²) in [6, 6.07) is -0.914. The fraction of sp³-hybridized carbons (Fsp3) is 0.726. The number of esters is 1. The molecule has 0 aliphatic heterocycles. The van der Waals surface area contributed by atoms with Crippen LogP contribution in [0.2, 0.25) is 0 Å². The summed E-state index contributed by atoms with van der Waals surface area (Å²) < 4.78 is 30.4. The Balaban J connectivity index is 5.20. The van der Waals surface area contributed by atoms with Gasteiger partial charge in [-0.3, -0.25) is 14.2 Å². The van der Waals surface area contributed by atoms with Crippen molar-refractivity contribution in [2.45, 2.75) is 303 Å². The number of phosphoric acid groups is 1. The molecule has 0 rings (SSSR count). The zero-order chi connectivity index (χ0) is 60.7. The van der Waals surface area contributed by atoms with Crippen molar-refractivity contribution in [1.82, 2.24) is 5.32 Å². The van der Waals surface area contributed by atoms with Crippen LogP contribution in [0.1, 0.15) is 290 Å². The minimum atomic E-state index is -4.72. The number of likely N-dealkylation sites (N-methyl/N-ethyl adjacent to an activating group) is 1. The molecule has 1 N–H and O–H groups in total. The second-order valence-electron chi connectivity index (χ2n) is 23.9. The molecule has 0 saturated heterocycles. The molecule has 3 unspecified atom stereocenters. The van der Waals surface area contributed by atoms with Crippen LogP contribution < -0.4 is 10.2 Å². The lowest BCUT2D eigenvalue weighted by Crippen LogP contribution is -2.47. The standard InChI is InChI=1S/C73H129N2O7P/c1-7-10-13-16-19-22-25-28-30-32-34-35-36-37-38-39-41-43-45-48-51-54-57-60-63-66-73(77)82-71(64-61-58-55-52-49-46-27-24-21-18-15-12-9-3)70(69-81-83(78,79)80-68-67-75(4,5)6)74-72(76)65-62-59-56-53-50-47-44-42-40-33-31-29-26-23-20-17-14-11-8-2/h11,14,19-20,22-23,28-31,34-35,40,42,47,50,61,64,70-71H,7-10,12-13,15-18,21,24-27,32-33,36-39,41,43-46,48-49,51-60,62-63,65-69H2,1-6H3,(H-,74,76,78,79)/b14-11-,22-19-,23-20-,30-28-,31-29-,35-34-,42-40-,50-47-,64-61-. The third-order valence-corrected chi connectivity index (χ3v) is 15.7. The maximum Gasteiger partial charge on any atom is 0.306 e. The van der Waals surface area contributed by atoms with E-state index in [-0.39, 0.29) is 31.3 Å². The van der Waals surface area contributed by atoms with Gasteiger partial charge < -0.3 is 28.5 Å². The summed E-state index contributed by atoms with van der Waals surface area (Å²) >= 11 is 0. The van der Waals surface area contributed by atoms with Gasteiger partial charge in [0.1, 0.15) is 19.3 Å². The van der Waals surface area contributed by atoms with E-state index >= 15 is 0 Å². The van der Waals surface area contributed by atoms with E-state index in [1.807, 2.05) is 33.3 Å². The van der Waals surface area contributed by atoms with Gasteiger partial charge in [0.25, 0.3) is 7.82 Å². The van der Waals surface area contributed by atoms with Crippen molar-refractivity contribution >= 4 is 19.7 Å². The highest BCUT2D eigenvalue weighted by atomic mass is 31.2. The first-order chi connectivity index (χ1) is 40.4. The molecule has 0 saturated carbocycles. The minimum Gasteiger partial charge on any atom is -0.756 e. The smallest absolute Gasteiger partial charge is 0.306 e. The molecule has 10 heteroatoms.